The fraction of sp³-hybridized carbons (Fsp3) is 0.286. The van der Waals surface area contributed by atoms with Crippen molar-refractivity contribution >= 4 is 18.4 Å². The van der Waals surface area contributed by atoms with E-state index in [1.807, 2.05) is 0 Å². The summed E-state index contributed by atoms with van der Waals surface area (Å²) in [6.07, 6.45) is 0. The Bertz CT molecular complexity index is 357. The molecule has 4 nitrogen and oxygen atoms in total. The summed E-state index contributed by atoms with van der Waals surface area (Å²) in [6, 6.07) is 0. The number of Topliss-reactive ketones (excluding diaryl/α,β-unsaturated/α-hetero) is 1. The molecule has 0 bridgehead atoms. The van der Waals surface area contributed by atoms with Crippen molar-refractivity contribution in [1.82, 2.24) is 9.97 Å². The molecule has 1 aromatic heterocycles. The maximum absolute atomic E-state index is 11.0. The van der Waals surface area contributed by atoms with Crippen LogP contribution in [0.15, 0.2) is 9.82 Å². The maximum atomic E-state index is 11.0. The summed E-state index contributed by atoms with van der Waals surface area (Å²) in [5, 5.41) is 0.0729. The summed E-state index contributed by atoms with van der Waals surface area (Å²) < 4.78 is 0. The Balaban J connectivity index is 3.48. The van der Waals surface area contributed by atoms with Gasteiger partial charge in [0.2, 0.25) is 0 Å². The lowest BCUT2D eigenvalue weighted by Gasteiger charge is -2.10. The van der Waals surface area contributed by atoms with Gasteiger partial charge in [0, 0.05) is 11.3 Å². The van der Waals surface area contributed by atoms with Crippen molar-refractivity contribution in [3.63, 3.8) is 0 Å². The van der Waals surface area contributed by atoms with Crippen LogP contribution in [-0.2, 0) is 12.6 Å². The molecule has 0 unspecified atom stereocenters. The molecule has 0 aliphatic carbocycles. The number of H-pyrrole nitrogens is 1. The van der Waals surface area contributed by atoms with Gasteiger partial charge in [-0.05, 0) is 13.8 Å². The average molecular weight is 183 g/mol. The van der Waals surface area contributed by atoms with E-state index < -0.39 is 5.69 Å². The topological polar surface area (TPSA) is 62.8 Å². The van der Waals surface area contributed by atoms with Gasteiger partial charge in [0.15, 0.2) is 5.78 Å². The van der Waals surface area contributed by atoms with Crippen LogP contribution in [-0.4, -0.2) is 15.8 Å². The standard InChI is InChI=1S/C7H8N2O2S/c1-3-5(4(2)10)6(12)9-7(11)8-3/h1-2H3,(H2,8,9,11,12)/p-1. The van der Waals surface area contributed by atoms with E-state index in [2.05, 4.69) is 9.97 Å². The van der Waals surface area contributed by atoms with E-state index in [0.717, 1.165) is 0 Å². The van der Waals surface area contributed by atoms with Crippen molar-refractivity contribution in [1.29, 1.82) is 0 Å². The Morgan fingerprint density at radius 1 is 1.58 bits per heavy atom. The zero-order valence-electron chi connectivity index (χ0n) is 6.67. The van der Waals surface area contributed by atoms with Crippen LogP contribution < -0.4 is 5.69 Å². The summed E-state index contributed by atoms with van der Waals surface area (Å²) in [6.45, 7) is 3.01. The van der Waals surface area contributed by atoms with Gasteiger partial charge >= 0.3 is 5.69 Å². The molecule has 0 saturated heterocycles. The van der Waals surface area contributed by atoms with Gasteiger partial charge in [-0.1, -0.05) is 5.03 Å². The number of aryl methyl sites for hydroxylation is 1. The molecule has 1 heterocycles. The van der Waals surface area contributed by atoms with E-state index in [1.165, 1.54) is 6.92 Å². The first-order valence-corrected chi connectivity index (χ1v) is 3.72. The Labute approximate surface area is 74.4 Å². The van der Waals surface area contributed by atoms with Crippen LogP contribution in [0.2, 0.25) is 0 Å². The van der Waals surface area contributed by atoms with Crippen LogP contribution in [0.5, 0.6) is 0 Å². The zero-order valence-corrected chi connectivity index (χ0v) is 7.49. The minimum Gasteiger partial charge on any atom is -0.759 e. The fourth-order valence-electron chi connectivity index (χ4n) is 0.974. The van der Waals surface area contributed by atoms with E-state index in [1.54, 1.807) is 6.92 Å². The van der Waals surface area contributed by atoms with Crippen LogP contribution in [0.1, 0.15) is 23.0 Å². The fourth-order valence-corrected chi connectivity index (χ4v) is 1.35. The van der Waals surface area contributed by atoms with E-state index >= 15 is 0 Å². The van der Waals surface area contributed by atoms with Gasteiger partial charge in [-0.25, -0.2) is 9.78 Å². The van der Waals surface area contributed by atoms with Crippen LogP contribution in [0, 0.1) is 6.92 Å². The summed E-state index contributed by atoms with van der Waals surface area (Å²) in [4.78, 5) is 27.6. The smallest absolute Gasteiger partial charge is 0.343 e. The third-order valence-electron chi connectivity index (χ3n) is 1.44. The zero-order chi connectivity index (χ0) is 9.30. The van der Waals surface area contributed by atoms with Crippen molar-refractivity contribution in [2.45, 2.75) is 18.9 Å². The SMILES string of the molecule is CC(=O)c1c([S-])nc(=O)[nH]c1C. The predicted molar refractivity (Wildman–Crippen MR) is 45.2 cm³/mol. The molecule has 0 amide bonds. The number of nitrogens with zero attached hydrogens (tertiary/aromatic N) is 1. The number of ketones is 1. The first-order chi connectivity index (χ1) is 5.52. The highest BCUT2D eigenvalue weighted by molar-refractivity contribution is 7.58. The Morgan fingerprint density at radius 3 is 2.58 bits per heavy atom. The average Bonchev–Trinajstić information content (AvgIpc) is 1.82. The van der Waals surface area contributed by atoms with Gasteiger partial charge in [0.05, 0.1) is 0 Å². The van der Waals surface area contributed by atoms with Gasteiger partial charge < -0.3 is 17.6 Å². The summed E-state index contributed by atoms with van der Waals surface area (Å²) in [5.41, 5.74) is 0.291. The second kappa shape index (κ2) is 3.02. The monoisotopic (exact) mass is 183 g/mol. The molecule has 0 atom stereocenters. The molecule has 64 valence electrons. The van der Waals surface area contributed by atoms with Crippen molar-refractivity contribution in [2.24, 2.45) is 0 Å². The summed E-state index contributed by atoms with van der Waals surface area (Å²) in [7, 11) is 0. The largest absolute Gasteiger partial charge is 0.759 e. The lowest BCUT2D eigenvalue weighted by atomic mass is 10.2. The molecule has 0 aliphatic rings. The predicted octanol–water partition coefficient (Wildman–Crippen LogP) is 0.187. The normalized spacial score (nSPS) is 9.83. The molecule has 1 N–H and O–H groups in total. The van der Waals surface area contributed by atoms with E-state index in [-0.39, 0.29) is 10.8 Å². The second-order valence-electron chi connectivity index (χ2n) is 2.40. The molecule has 0 aliphatic heterocycles. The molecular formula is C7H7N2O2S-. The Morgan fingerprint density at radius 2 is 2.17 bits per heavy atom. The number of carbonyl (C=O) groups is 1. The first-order valence-electron chi connectivity index (χ1n) is 3.31. The maximum Gasteiger partial charge on any atom is 0.343 e. The highest BCUT2D eigenvalue weighted by Gasteiger charge is 2.05. The van der Waals surface area contributed by atoms with Crippen molar-refractivity contribution in [2.75, 3.05) is 0 Å². The molecule has 0 fully saturated rings. The van der Waals surface area contributed by atoms with Crippen LogP contribution in [0.4, 0.5) is 0 Å². The number of aromatic nitrogens is 2. The molecule has 0 aromatic carbocycles. The van der Waals surface area contributed by atoms with Gasteiger partial charge in [-0.15, -0.1) is 0 Å². The van der Waals surface area contributed by atoms with E-state index in [0.29, 0.717) is 11.3 Å². The highest BCUT2D eigenvalue weighted by atomic mass is 32.1. The quantitative estimate of drug-likeness (QED) is 0.383. The number of nitrogens with one attached hydrogen (secondary N) is 1. The molecule has 0 radical (unpaired) electrons. The van der Waals surface area contributed by atoms with Crippen LogP contribution in [0.3, 0.4) is 0 Å². The van der Waals surface area contributed by atoms with Gasteiger partial charge in [0.25, 0.3) is 0 Å². The number of hydrogen-bond acceptors (Lipinski definition) is 4. The minimum atomic E-state index is -0.512. The third kappa shape index (κ3) is 1.50. The summed E-state index contributed by atoms with van der Waals surface area (Å²) in [5.74, 6) is -0.179. The first kappa shape index (κ1) is 8.86. The Kier molecular flexibility index (Phi) is 2.23. The molecule has 1 aromatic rings. The van der Waals surface area contributed by atoms with Crippen molar-refractivity contribution in [3.8, 4) is 0 Å². The number of rotatable bonds is 1. The second-order valence-corrected chi connectivity index (χ2v) is 2.79. The molecule has 1 rings (SSSR count). The van der Waals surface area contributed by atoms with Gasteiger partial charge in [0.1, 0.15) is 0 Å². The van der Waals surface area contributed by atoms with Gasteiger partial charge in [-0.2, -0.15) is 0 Å². The highest BCUT2D eigenvalue weighted by Crippen LogP contribution is 2.06. The Hall–Kier alpha value is -1.23. The lowest BCUT2D eigenvalue weighted by Crippen LogP contribution is -2.17. The molecule has 12 heavy (non-hydrogen) atoms. The number of carbonyl (C=O) groups excluding carboxylic acids is 1. The lowest BCUT2D eigenvalue weighted by molar-refractivity contribution is 0.101. The molecule has 0 spiro atoms. The minimum absolute atomic E-state index is 0.0729. The molecule has 5 heteroatoms. The van der Waals surface area contributed by atoms with Gasteiger partial charge in [-0.3, -0.25) is 4.79 Å². The third-order valence-corrected chi connectivity index (χ3v) is 1.73. The van der Waals surface area contributed by atoms with Crippen molar-refractivity contribution in [3.05, 3.63) is 21.7 Å². The number of hydrogen-bond donors (Lipinski definition) is 1. The van der Waals surface area contributed by atoms with Crippen LogP contribution >= 0.6 is 0 Å². The number of aromatic amines is 1. The molecular weight excluding hydrogens is 176 g/mol. The molecule has 0 saturated carbocycles. The summed E-state index contributed by atoms with van der Waals surface area (Å²) >= 11 is 4.75. The van der Waals surface area contributed by atoms with Crippen LogP contribution in [0.25, 0.3) is 0 Å². The van der Waals surface area contributed by atoms with Crippen molar-refractivity contribution < 1.29 is 4.79 Å². The van der Waals surface area contributed by atoms with E-state index in [4.69, 9.17) is 12.6 Å². The van der Waals surface area contributed by atoms with E-state index in [9.17, 15) is 9.59 Å².